The molecule has 1 heterocycles. The third-order valence-corrected chi connectivity index (χ3v) is 1.92. The number of aliphatic hydroxyl groups excluding tert-OH is 1. The van der Waals surface area contributed by atoms with Gasteiger partial charge in [-0.3, -0.25) is 0 Å². The van der Waals surface area contributed by atoms with E-state index in [9.17, 15) is 9.18 Å². The smallest absolute Gasteiger partial charge is 0.281 e. The molecule has 1 saturated heterocycles. The molecule has 0 radical (unpaired) electrons. The first kappa shape index (κ1) is 8.68. The first-order chi connectivity index (χ1) is 5.24. The fourth-order valence-corrected chi connectivity index (χ4v) is 1.24. The van der Waals surface area contributed by atoms with Crippen molar-refractivity contribution < 1.29 is 14.3 Å². The van der Waals surface area contributed by atoms with Gasteiger partial charge in [-0.1, -0.05) is 0 Å². The lowest BCUT2D eigenvalue weighted by atomic mass is 9.90. The van der Waals surface area contributed by atoms with Crippen LogP contribution in [0.3, 0.4) is 0 Å². The molecule has 5 heteroatoms. The summed E-state index contributed by atoms with van der Waals surface area (Å²) in [7, 11) is 0.295. The minimum Gasteiger partial charge on any atom is -0.389 e. The highest BCUT2D eigenvalue weighted by Gasteiger charge is 2.26. The van der Waals surface area contributed by atoms with Crippen LogP contribution in [0.1, 0.15) is 6.42 Å². The zero-order valence-electron chi connectivity index (χ0n) is 6.24. The number of carbonyl (C=O) groups excluding carboxylic acids is 1. The maximum Gasteiger partial charge on any atom is 0.281 e. The van der Waals surface area contributed by atoms with Crippen LogP contribution >= 0.6 is 0 Å². The summed E-state index contributed by atoms with van der Waals surface area (Å²) in [6.45, 7) is 0.844. The molecule has 0 spiro atoms. The van der Waals surface area contributed by atoms with Crippen LogP contribution < -0.4 is 0 Å². The SMILES string of the molecule is O=CBN1CC[C@H](F)[C@@H](O)C1. The molecule has 1 aliphatic heterocycles. The van der Waals surface area contributed by atoms with E-state index in [2.05, 4.69) is 0 Å². The molecular weight excluding hydrogens is 148 g/mol. The first-order valence-electron chi connectivity index (χ1n) is 3.72. The van der Waals surface area contributed by atoms with Crippen LogP contribution in [-0.2, 0) is 4.79 Å². The first-order valence-corrected chi connectivity index (χ1v) is 3.72. The van der Waals surface area contributed by atoms with Gasteiger partial charge in [-0.2, -0.15) is 0 Å². The lowest BCUT2D eigenvalue weighted by molar-refractivity contribution is 0.0292. The summed E-state index contributed by atoms with van der Waals surface area (Å²) >= 11 is 0. The maximum atomic E-state index is 12.6. The summed E-state index contributed by atoms with van der Waals surface area (Å²) < 4.78 is 12.6. The lowest BCUT2D eigenvalue weighted by Gasteiger charge is -2.30. The second kappa shape index (κ2) is 3.83. The van der Waals surface area contributed by atoms with Gasteiger partial charge in [0.2, 0.25) is 0 Å². The van der Waals surface area contributed by atoms with Crippen LogP contribution in [0.15, 0.2) is 0 Å². The molecule has 0 aromatic rings. The molecule has 0 aromatic heterocycles. The number of rotatable bonds is 2. The molecule has 3 nitrogen and oxygen atoms in total. The van der Waals surface area contributed by atoms with E-state index in [1.165, 1.54) is 0 Å². The van der Waals surface area contributed by atoms with Crippen LogP contribution in [0, 0.1) is 0 Å². The summed E-state index contributed by atoms with van der Waals surface area (Å²) in [6.07, 6.45) is -0.929. The highest BCUT2D eigenvalue weighted by Crippen LogP contribution is 2.12. The van der Waals surface area contributed by atoms with Gasteiger partial charge in [-0.25, -0.2) is 4.39 Å². The summed E-state index contributed by atoms with van der Waals surface area (Å²) in [5, 5.41) is 9.04. The zero-order valence-corrected chi connectivity index (χ0v) is 6.24. The molecule has 0 aromatic carbocycles. The van der Waals surface area contributed by atoms with Gasteiger partial charge in [0, 0.05) is 6.54 Å². The van der Waals surface area contributed by atoms with Gasteiger partial charge in [0.15, 0.2) is 0 Å². The molecule has 0 aliphatic carbocycles. The largest absolute Gasteiger partial charge is 0.389 e. The number of carbonyl (C=O) groups is 1. The van der Waals surface area contributed by atoms with E-state index < -0.39 is 12.3 Å². The van der Waals surface area contributed by atoms with Gasteiger partial charge in [-0.15, -0.1) is 0 Å². The predicted octanol–water partition coefficient (Wildman–Crippen LogP) is -1.07. The van der Waals surface area contributed by atoms with E-state index in [1.54, 1.807) is 4.81 Å². The Hall–Kier alpha value is -0.415. The minimum absolute atomic E-state index is 0.278. The Morgan fingerprint density at radius 2 is 2.45 bits per heavy atom. The normalized spacial score (nSPS) is 33.3. The van der Waals surface area contributed by atoms with E-state index in [1.807, 2.05) is 0 Å². The Morgan fingerprint density at radius 1 is 1.73 bits per heavy atom. The standard InChI is InChI=1S/C6H11BFNO2/c8-5-1-2-9(7-4-10)3-6(5)11/h4-7,11H,1-3H2/t5-,6-/m0/s1. The quantitative estimate of drug-likeness (QED) is 0.412. The molecule has 1 fully saturated rings. The van der Waals surface area contributed by atoms with E-state index in [0.29, 0.717) is 20.4 Å². The van der Waals surface area contributed by atoms with Crippen molar-refractivity contribution in [2.24, 2.45) is 0 Å². The van der Waals surface area contributed by atoms with Crippen molar-refractivity contribution in [1.29, 1.82) is 0 Å². The van der Waals surface area contributed by atoms with Crippen LogP contribution in [0.4, 0.5) is 4.39 Å². The third kappa shape index (κ3) is 2.27. The average molecular weight is 159 g/mol. The number of nitrogens with zero attached hydrogens (tertiary/aromatic N) is 1. The molecule has 1 aliphatic rings. The molecule has 0 amide bonds. The summed E-state index contributed by atoms with van der Waals surface area (Å²) in [5.41, 5.74) is 0. The fraction of sp³-hybridized carbons (Fsp3) is 0.833. The highest BCUT2D eigenvalue weighted by molar-refractivity contribution is 6.64. The van der Waals surface area contributed by atoms with E-state index in [0.717, 1.165) is 6.19 Å². The van der Waals surface area contributed by atoms with Crippen LogP contribution in [-0.4, -0.2) is 48.9 Å². The topological polar surface area (TPSA) is 40.5 Å². The Bertz CT molecular complexity index is 147. The van der Waals surface area contributed by atoms with Gasteiger partial charge >= 0.3 is 0 Å². The van der Waals surface area contributed by atoms with Crippen LogP contribution in [0.5, 0.6) is 0 Å². The van der Waals surface area contributed by atoms with Gasteiger partial charge in [0.1, 0.15) is 6.17 Å². The number of hydrogen-bond acceptors (Lipinski definition) is 3. The zero-order chi connectivity index (χ0) is 8.27. The van der Waals surface area contributed by atoms with Crippen LogP contribution in [0.25, 0.3) is 0 Å². The molecule has 0 bridgehead atoms. The van der Waals surface area contributed by atoms with Gasteiger partial charge in [-0.05, 0) is 13.0 Å². The van der Waals surface area contributed by atoms with Crippen molar-refractivity contribution in [1.82, 2.24) is 4.81 Å². The van der Waals surface area contributed by atoms with E-state index in [-0.39, 0.29) is 6.54 Å². The summed E-state index contributed by atoms with van der Waals surface area (Å²) in [5.74, 6) is 0. The van der Waals surface area contributed by atoms with Crippen molar-refractivity contribution in [3.8, 4) is 0 Å². The van der Waals surface area contributed by atoms with Crippen molar-refractivity contribution in [2.45, 2.75) is 18.7 Å². The predicted molar refractivity (Wildman–Crippen MR) is 41.0 cm³/mol. The van der Waals surface area contributed by atoms with E-state index in [4.69, 9.17) is 5.11 Å². The average Bonchev–Trinajstić information content (AvgIpc) is 1.98. The highest BCUT2D eigenvalue weighted by atomic mass is 19.1. The minimum atomic E-state index is -1.11. The van der Waals surface area contributed by atoms with Crippen molar-refractivity contribution in [2.75, 3.05) is 13.1 Å². The van der Waals surface area contributed by atoms with Gasteiger partial charge < -0.3 is 14.7 Å². The van der Waals surface area contributed by atoms with Crippen LogP contribution in [0.2, 0.25) is 0 Å². The second-order valence-electron chi connectivity index (χ2n) is 2.80. The number of halogens is 1. The molecule has 0 unspecified atom stereocenters. The monoisotopic (exact) mass is 159 g/mol. The van der Waals surface area contributed by atoms with E-state index >= 15 is 0 Å². The molecule has 62 valence electrons. The number of β-amino-alcohol motifs (C(OH)–C–C–N with tert-alkyl or cyclic N) is 1. The maximum absolute atomic E-state index is 12.6. The van der Waals surface area contributed by atoms with Crippen molar-refractivity contribution in [3.63, 3.8) is 0 Å². The summed E-state index contributed by atoms with van der Waals surface area (Å²) in [6, 6.07) is 0. The molecule has 1 rings (SSSR count). The van der Waals surface area contributed by atoms with Crippen molar-refractivity contribution >= 4 is 13.6 Å². The summed E-state index contributed by atoms with van der Waals surface area (Å²) in [4.78, 5) is 11.8. The lowest BCUT2D eigenvalue weighted by Crippen LogP contribution is -2.46. The fourth-order valence-electron chi connectivity index (χ4n) is 1.24. The number of alkyl halides is 1. The number of piperidine rings is 1. The second-order valence-corrected chi connectivity index (χ2v) is 2.80. The Kier molecular flexibility index (Phi) is 3.02. The third-order valence-electron chi connectivity index (χ3n) is 1.92. The molecular formula is C6H11BFNO2. The Labute approximate surface area is 65.4 Å². The number of aliphatic hydroxyl groups is 1. The Balaban J connectivity index is 2.33. The molecule has 11 heavy (non-hydrogen) atoms. The molecule has 0 saturated carbocycles. The van der Waals surface area contributed by atoms with Crippen molar-refractivity contribution in [3.05, 3.63) is 0 Å². The number of hydrogen-bond donors (Lipinski definition) is 1. The molecule has 2 atom stereocenters. The Morgan fingerprint density at radius 3 is 3.00 bits per heavy atom. The molecule has 1 N–H and O–H groups in total. The van der Waals surface area contributed by atoms with Gasteiger partial charge in [0.25, 0.3) is 7.41 Å². The van der Waals surface area contributed by atoms with Gasteiger partial charge in [0.05, 0.1) is 12.3 Å².